The van der Waals surface area contributed by atoms with Crippen LogP contribution in [0.1, 0.15) is 27.3 Å². The van der Waals surface area contributed by atoms with Crippen molar-refractivity contribution in [1.82, 2.24) is 9.55 Å². The van der Waals surface area contributed by atoms with Crippen molar-refractivity contribution in [2.75, 3.05) is 13.4 Å². The predicted octanol–water partition coefficient (Wildman–Crippen LogP) is 3.75. The van der Waals surface area contributed by atoms with E-state index in [1.807, 2.05) is 0 Å². The molecule has 0 fully saturated rings. The minimum absolute atomic E-state index is 0.0341. The number of benzene rings is 2. The highest BCUT2D eigenvalue weighted by molar-refractivity contribution is 7.90. The number of aryl methyl sites for hydroxylation is 1. The van der Waals surface area contributed by atoms with E-state index in [9.17, 15) is 26.8 Å². The number of methoxy groups -OCH3 is 1. The van der Waals surface area contributed by atoms with Crippen LogP contribution in [-0.2, 0) is 21.0 Å². The molecule has 0 spiro atoms. The van der Waals surface area contributed by atoms with Crippen LogP contribution in [0.5, 0.6) is 0 Å². The number of carbonyl (C=O) groups is 1. The lowest BCUT2D eigenvalue weighted by Crippen LogP contribution is -2.25. The number of sulfone groups is 1. The zero-order valence-electron chi connectivity index (χ0n) is 19.0. The maximum absolute atomic E-state index is 14.2. The quantitative estimate of drug-likeness (QED) is 0.389. The van der Waals surface area contributed by atoms with E-state index in [1.165, 1.54) is 34.9 Å². The Morgan fingerprint density at radius 1 is 1.03 bits per heavy atom. The number of nitrogens with zero attached hydrogens (tertiary/aromatic N) is 2. The highest BCUT2D eigenvalue weighted by Crippen LogP contribution is 2.25. The van der Waals surface area contributed by atoms with Crippen LogP contribution >= 0.6 is 0 Å². The minimum Gasteiger partial charge on any atom is -0.464 e. The summed E-state index contributed by atoms with van der Waals surface area (Å²) in [4.78, 5) is 31.0. The van der Waals surface area contributed by atoms with Gasteiger partial charge in [0.1, 0.15) is 11.3 Å². The van der Waals surface area contributed by atoms with Crippen molar-refractivity contribution in [3.8, 4) is 5.69 Å². The molecular weight excluding hydrogens is 478 g/mol. The number of hydrogen-bond acceptors (Lipinski definition) is 6. The molecule has 0 saturated carbocycles. The number of aromatic nitrogens is 2. The summed E-state index contributed by atoms with van der Waals surface area (Å²) in [6.07, 6.45) is 1.02. The van der Waals surface area contributed by atoms with Crippen LogP contribution < -0.4 is 5.43 Å². The molecule has 4 aromatic rings. The maximum atomic E-state index is 14.2. The smallest absolute Gasteiger partial charge is 0.355 e. The molecule has 180 valence electrons. The van der Waals surface area contributed by atoms with Gasteiger partial charge in [0, 0.05) is 30.0 Å². The molecule has 0 amide bonds. The number of halogens is 2. The van der Waals surface area contributed by atoms with Gasteiger partial charge in [0.2, 0.25) is 0 Å². The number of hydrogen-bond donors (Lipinski definition) is 0. The molecule has 0 bridgehead atoms. The van der Waals surface area contributed by atoms with Crippen molar-refractivity contribution < 1.29 is 26.7 Å². The molecule has 4 rings (SSSR count). The molecule has 0 atom stereocenters. The van der Waals surface area contributed by atoms with Gasteiger partial charge in [-0.1, -0.05) is 12.1 Å². The second-order valence-corrected chi connectivity index (χ2v) is 10.0. The normalized spacial score (nSPS) is 11.6. The largest absolute Gasteiger partial charge is 0.464 e. The number of pyridine rings is 2. The second kappa shape index (κ2) is 9.03. The number of fused-ring (bicyclic) bond motifs is 1. The number of esters is 1. The van der Waals surface area contributed by atoms with Gasteiger partial charge < -0.3 is 4.74 Å². The van der Waals surface area contributed by atoms with Crippen molar-refractivity contribution >= 4 is 26.8 Å². The maximum Gasteiger partial charge on any atom is 0.355 e. The van der Waals surface area contributed by atoms with Crippen molar-refractivity contribution in [2.45, 2.75) is 18.2 Å². The molecule has 0 aliphatic carbocycles. The summed E-state index contributed by atoms with van der Waals surface area (Å²) in [7, 11) is -2.28. The van der Waals surface area contributed by atoms with Crippen LogP contribution in [-0.4, -0.2) is 37.3 Å². The SMILES string of the molecule is COC(=O)c1c(Cc2ccc(S(C)(=O)=O)cc2)c(=O)c2ccc(C)nc2n1-c1ccc(F)c(F)c1. The Kier molecular flexibility index (Phi) is 6.25. The Morgan fingerprint density at radius 3 is 2.31 bits per heavy atom. The van der Waals surface area contributed by atoms with Crippen LogP contribution in [0.3, 0.4) is 0 Å². The first-order valence-electron chi connectivity index (χ1n) is 10.4. The van der Waals surface area contributed by atoms with Crippen molar-refractivity contribution in [3.05, 3.63) is 99.0 Å². The van der Waals surface area contributed by atoms with Crippen LogP contribution in [0.4, 0.5) is 8.78 Å². The third-order valence-electron chi connectivity index (χ3n) is 5.53. The first-order valence-corrected chi connectivity index (χ1v) is 12.3. The minimum atomic E-state index is -3.42. The molecule has 0 radical (unpaired) electrons. The van der Waals surface area contributed by atoms with Gasteiger partial charge in [-0.25, -0.2) is 27.0 Å². The fourth-order valence-electron chi connectivity index (χ4n) is 3.81. The Hall–Kier alpha value is -3.92. The molecule has 10 heteroatoms. The lowest BCUT2D eigenvalue weighted by atomic mass is 10.00. The summed E-state index contributed by atoms with van der Waals surface area (Å²) >= 11 is 0. The van der Waals surface area contributed by atoms with Crippen LogP contribution in [0.2, 0.25) is 0 Å². The topological polar surface area (TPSA) is 95.3 Å². The van der Waals surface area contributed by atoms with E-state index in [-0.39, 0.29) is 39.3 Å². The van der Waals surface area contributed by atoms with E-state index >= 15 is 0 Å². The lowest BCUT2D eigenvalue weighted by molar-refractivity contribution is 0.0590. The van der Waals surface area contributed by atoms with Crippen LogP contribution in [0, 0.1) is 18.6 Å². The Morgan fingerprint density at radius 2 is 1.71 bits per heavy atom. The van der Waals surface area contributed by atoms with E-state index in [2.05, 4.69) is 4.98 Å². The van der Waals surface area contributed by atoms with E-state index in [4.69, 9.17) is 4.74 Å². The fourth-order valence-corrected chi connectivity index (χ4v) is 4.44. The third kappa shape index (κ3) is 4.57. The first-order chi connectivity index (χ1) is 16.5. The van der Waals surface area contributed by atoms with Gasteiger partial charge in [-0.3, -0.25) is 9.36 Å². The summed E-state index contributed by atoms with van der Waals surface area (Å²) in [6.45, 7) is 1.69. The van der Waals surface area contributed by atoms with Gasteiger partial charge in [0.15, 0.2) is 26.9 Å². The molecule has 0 aliphatic rings. The first kappa shape index (κ1) is 24.2. The standard InChI is InChI=1S/C25H20F2N2O5S/c1-14-4-10-18-23(30)19(12-15-5-8-17(9-6-15)35(3,32)33)22(25(31)34-2)29(24(18)28-14)16-7-11-20(26)21(27)13-16/h4-11,13H,12H2,1-3H3. The van der Waals surface area contributed by atoms with Crippen molar-refractivity contribution in [2.24, 2.45) is 0 Å². The van der Waals surface area contributed by atoms with Crippen molar-refractivity contribution in [3.63, 3.8) is 0 Å². The number of carbonyl (C=O) groups excluding carboxylic acids is 1. The Bertz CT molecular complexity index is 1650. The zero-order chi connectivity index (χ0) is 25.5. The van der Waals surface area contributed by atoms with E-state index < -0.39 is 32.9 Å². The molecule has 0 N–H and O–H groups in total. The Balaban J connectivity index is 2.06. The molecule has 7 nitrogen and oxygen atoms in total. The summed E-state index contributed by atoms with van der Waals surface area (Å²) < 4.78 is 57.7. The summed E-state index contributed by atoms with van der Waals surface area (Å²) in [5.41, 5.74) is 0.592. The summed E-state index contributed by atoms with van der Waals surface area (Å²) in [5.74, 6) is -3.09. The van der Waals surface area contributed by atoms with E-state index in [1.54, 1.807) is 19.1 Å². The molecular formula is C25H20F2N2O5S. The molecule has 2 aromatic heterocycles. The molecule has 0 aliphatic heterocycles. The van der Waals surface area contributed by atoms with Gasteiger partial charge in [0.05, 0.1) is 23.1 Å². The van der Waals surface area contributed by atoms with Gasteiger partial charge in [-0.15, -0.1) is 0 Å². The average Bonchev–Trinajstić information content (AvgIpc) is 2.81. The van der Waals surface area contributed by atoms with Gasteiger partial charge >= 0.3 is 5.97 Å². The zero-order valence-corrected chi connectivity index (χ0v) is 19.8. The summed E-state index contributed by atoms with van der Waals surface area (Å²) in [6, 6.07) is 12.1. The van der Waals surface area contributed by atoms with Crippen molar-refractivity contribution in [1.29, 1.82) is 0 Å². The number of ether oxygens (including phenoxy) is 1. The second-order valence-electron chi connectivity index (χ2n) is 8.00. The third-order valence-corrected chi connectivity index (χ3v) is 6.66. The van der Waals surface area contributed by atoms with Crippen LogP contribution in [0.15, 0.2) is 64.3 Å². The Labute approximate surface area is 199 Å². The fraction of sp³-hybridized carbons (Fsp3) is 0.160. The van der Waals surface area contributed by atoms with Crippen LogP contribution in [0.25, 0.3) is 16.7 Å². The highest BCUT2D eigenvalue weighted by atomic mass is 32.2. The molecule has 0 unspecified atom stereocenters. The van der Waals surface area contributed by atoms with E-state index in [0.29, 0.717) is 11.3 Å². The van der Waals surface area contributed by atoms with Gasteiger partial charge in [0.25, 0.3) is 0 Å². The number of rotatable bonds is 5. The highest BCUT2D eigenvalue weighted by Gasteiger charge is 2.26. The monoisotopic (exact) mass is 498 g/mol. The van der Waals surface area contributed by atoms with Gasteiger partial charge in [-0.2, -0.15) is 0 Å². The lowest BCUT2D eigenvalue weighted by Gasteiger charge is -2.19. The van der Waals surface area contributed by atoms with E-state index in [0.717, 1.165) is 25.5 Å². The molecule has 2 heterocycles. The summed E-state index contributed by atoms with van der Waals surface area (Å²) in [5, 5.41) is 0.163. The molecule has 35 heavy (non-hydrogen) atoms. The molecule has 2 aromatic carbocycles. The van der Waals surface area contributed by atoms with Gasteiger partial charge in [-0.05, 0) is 48.9 Å². The predicted molar refractivity (Wildman–Crippen MR) is 126 cm³/mol. The average molecular weight is 499 g/mol. The molecule has 0 saturated heterocycles.